The molecule has 1 saturated heterocycles. The van der Waals surface area contributed by atoms with Crippen LogP contribution in [0, 0.1) is 0 Å². The first-order chi connectivity index (χ1) is 10.1. The Hall–Kier alpha value is -1.27. The fourth-order valence-corrected chi connectivity index (χ4v) is 3.72. The summed E-state index contributed by atoms with van der Waals surface area (Å²) in [7, 11) is -1.37. The topological polar surface area (TPSA) is 61.4 Å². The van der Waals surface area contributed by atoms with Crippen molar-refractivity contribution in [2.75, 3.05) is 42.1 Å². The molecule has 118 valence electrons. The van der Waals surface area contributed by atoms with E-state index in [0.717, 1.165) is 26.1 Å². The maximum Gasteiger partial charge on any atom is 0.232 e. The van der Waals surface area contributed by atoms with Crippen LogP contribution in [0.25, 0.3) is 0 Å². The van der Waals surface area contributed by atoms with Gasteiger partial charge in [0.05, 0.1) is 5.75 Å². The van der Waals surface area contributed by atoms with Gasteiger partial charge in [0.15, 0.2) is 0 Å². The van der Waals surface area contributed by atoms with Gasteiger partial charge in [0.2, 0.25) is 10.0 Å². The molecule has 0 amide bonds. The third kappa shape index (κ3) is 5.21. The van der Waals surface area contributed by atoms with Gasteiger partial charge in [0, 0.05) is 24.5 Å². The van der Waals surface area contributed by atoms with Crippen LogP contribution in [0.1, 0.15) is 25.7 Å². The minimum Gasteiger partial charge on any atom is -0.372 e. The smallest absolute Gasteiger partial charge is 0.232 e. The number of sulfonamides is 1. The van der Waals surface area contributed by atoms with Gasteiger partial charge in [-0.1, -0.05) is 0 Å². The van der Waals surface area contributed by atoms with Gasteiger partial charge in [-0.25, -0.2) is 8.42 Å². The first-order valence-electron chi connectivity index (χ1n) is 7.61. The molecule has 0 spiro atoms. The predicted octanol–water partition coefficient (Wildman–Crippen LogP) is 2.03. The maximum atomic E-state index is 12.0. The summed E-state index contributed by atoms with van der Waals surface area (Å²) in [6.45, 7) is 3.03. The molecule has 5 nitrogen and oxygen atoms in total. The van der Waals surface area contributed by atoms with Gasteiger partial charge in [-0.05, 0) is 63.5 Å². The van der Waals surface area contributed by atoms with Gasteiger partial charge >= 0.3 is 0 Å². The van der Waals surface area contributed by atoms with E-state index in [0.29, 0.717) is 12.1 Å². The van der Waals surface area contributed by atoms with Crippen LogP contribution in [-0.2, 0) is 10.0 Å². The molecule has 0 atom stereocenters. The molecule has 2 rings (SSSR count). The van der Waals surface area contributed by atoms with Gasteiger partial charge < -0.3 is 10.2 Å². The molecule has 1 heterocycles. The summed E-state index contributed by atoms with van der Waals surface area (Å²) in [6.07, 6.45) is 4.01. The van der Waals surface area contributed by atoms with E-state index in [2.05, 4.69) is 14.9 Å². The van der Waals surface area contributed by atoms with E-state index >= 15 is 0 Å². The third-order valence-electron chi connectivity index (χ3n) is 3.70. The Balaban J connectivity index is 1.87. The zero-order chi connectivity index (χ0) is 15.1. The molecule has 1 aromatic carbocycles. The highest BCUT2D eigenvalue weighted by Gasteiger charge is 2.13. The Labute approximate surface area is 127 Å². The average molecular weight is 311 g/mol. The largest absolute Gasteiger partial charge is 0.372 e. The van der Waals surface area contributed by atoms with Crippen molar-refractivity contribution >= 4 is 21.4 Å². The zero-order valence-corrected chi connectivity index (χ0v) is 13.5. The SMILES string of the molecule is CNCCCCS(=O)(=O)Nc1ccc(N2CCCC2)cc1. The molecule has 1 aliphatic heterocycles. The van der Waals surface area contributed by atoms with Crippen molar-refractivity contribution in [2.45, 2.75) is 25.7 Å². The molecule has 0 radical (unpaired) electrons. The Morgan fingerprint density at radius 2 is 1.76 bits per heavy atom. The molecular formula is C15H25N3O2S. The number of nitrogens with one attached hydrogen (secondary N) is 2. The van der Waals surface area contributed by atoms with E-state index in [1.807, 2.05) is 31.3 Å². The van der Waals surface area contributed by atoms with Crippen LogP contribution in [0.5, 0.6) is 0 Å². The summed E-state index contributed by atoms with van der Waals surface area (Å²) < 4.78 is 26.6. The Morgan fingerprint density at radius 3 is 2.38 bits per heavy atom. The molecule has 0 bridgehead atoms. The third-order valence-corrected chi connectivity index (χ3v) is 5.07. The van der Waals surface area contributed by atoms with Gasteiger partial charge in [0.25, 0.3) is 0 Å². The quantitative estimate of drug-likeness (QED) is 0.721. The first-order valence-corrected chi connectivity index (χ1v) is 9.26. The lowest BCUT2D eigenvalue weighted by molar-refractivity contribution is 0.595. The molecular weight excluding hydrogens is 286 g/mol. The van der Waals surface area contributed by atoms with Crippen molar-refractivity contribution in [1.82, 2.24) is 5.32 Å². The van der Waals surface area contributed by atoms with E-state index < -0.39 is 10.0 Å². The summed E-state index contributed by atoms with van der Waals surface area (Å²) in [6, 6.07) is 7.67. The Morgan fingerprint density at radius 1 is 1.10 bits per heavy atom. The first kappa shape index (κ1) is 16.1. The van der Waals surface area contributed by atoms with Crippen LogP contribution in [-0.4, -0.2) is 40.9 Å². The van der Waals surface area contributed by atoms with Crippen LogP contribution < -0.4 is 14.9 Å². The average Bonchev–Trinajstić information content (AvgIpc) is 2.98. The number of hydrogen-bond acceptors (Lipinski definition) is 4. The van der Waals surface area contributed by atoms with Gasteiger partial charge in [-0.15, -0.1) is 0 Å². The van der Waals surface area contributed by atoms with Gasteiger partial charge in [-0.2, -0.15) is 0 Å². The van der Waals surface area contributed by atoms with Crippen molar-refractivity contribution in [3.05, 3.63) is 24.3 Å². The molecule has 0 aromatic heterocycles. The maximum absolute atomic E-state index is 12.0. The van der Waals surface area contributed by atoms with Crippen LogP contribution in [0.4, 0.5) is 11.4 Å². The second kappa shape index (κ2) is 7.66. The highest BCUT2D eigenvalue weighted by molar-refractivity contribution is 7.92. The van der Waals surface area contributed by atoms with Crippen molar-refractivity contribution in [3.8, 4) is 0 Å². The minimum atomic E-state index is -3.24. The summed E-state index contributed by atoms with van der Waals surface area (Å²) in [4.78, 5) is 2.33. The second-order valence-corrected chi connectivity index (χ2v) is 7.31. The highest BCUT2D eigenvalue weighted by atomic mass is 32.2. The molecule has 21 heavy (non-hydrogen) atoms. The molecule has 1 fully saturated rings. The van der Waals surface area contributed by atoms with Crippen LogP contribution in [0.2, 0.25) is 0 Å². The standard InChI is InChI=1S/C15H25N3O2S/c1-16-10-2-5-13-21(19,20)17-14-6-8-15(9-7-14)18-11-3-4-12-18/h6-9,16-17H,2-5,10-13H2,1H3. The van der Waals surface area contributed by atoms with E-state index in [-0.39, 0.29) is 5.75 Å². The summed E-state index contributed by atoms with van der Waals surface area (Å²) in [5.74, 6) is 0.169. The summed E-state index contributed by atoms with van der Waals surface area (Å²) in [5, 5.41) is 3.02. The molecule has 1 aromatic rings. The lowest BCUT2D eigenvalue weighted by atomic mass is 10.2. The zero-order valence-electron chi connectivity index (χ0n) is 12.6. The second-order valence-electron chi connectivity index (χ2n) is 5.47. The van der Waals surface area contributed by atoms with Crippen LogP contribution in [0.3, 0.4) is 0 Å². The van der Waals surface area contributed by atoms with Crippen molar-refractivity contribution < 1.29 is 8.42 Å². The minimum absolute atomic E-state index is 0.169. The van der Waals surface area contributed by atoms with Crippen molar-refractivity contribution in [2.24, 2.45) is 0 Å². The number of benzene rings is 1. The number of unbranched alkanes of at least 4 members (excludes halogenated alkanes) is 1. The van der Waals surface area contributed by atoms with Crippen molar-refractivity contribution in [3.63, 3.8) is 0 Å². The summed E-state index contributed by atoms with van der Waals surface area (Å²) >= 11 is 0. The highest BCUT2D eigenvalue weighted by Crippen LogP contribution is 2.22. The van der Waals surface area contributed by atoms with E-state index in [1.54, 1.807) is 0 Å². The lowest BCUT2D eigenvalue weighted by Crippen LogP contribution is -2.19. The Kier molecular flexibility index (Phi) is 5.87. The Bertz CT molecular complexity index is 522. The molecule has 1 aliphatic rings. The van der Waals surface area contributed by atoms with E-state index in [9.17, 15) is 8.42 Å². The number of anilines is 2. The van der Waals surface area contributed by atoms with Crippen LogP contribution in [0.15, 0.2) is 24.3 Å². The molecule has 6 heteroatoms. The van der Waals surface area contributed by atoms with Crippen LogP contribution >= 0.6 is 0 Å². The monoisotopic (exact) mass is 311 g/mol. The fourth-order valence-electron chi connectivity index (χ4n) is 2.54. The fraction of sp³-hybridized carbons (Fsp3) is 0.600. The van der Waals surface area contributed by atoms with Gasteiger partial charge in [0.1, 0.15) is 0 Å². The number of hydrogen-bond donors (Lipinski definition) is 2. The normalized spacial score (nSPS) is 15.4. The molecule has 0 saturated carbocycles. The van der Waals surface area contributed by atoms with E-state index in [1.165, 1.54) is 18.5 Å². The van der Waals surface area contributed by atoms with Crippen molar-refractivity contribution in [1.29, 1.82) is 0 Å². The lowest BCUT2D eigenvalue weighted by Gasteiger charge is -2.18. The predicted molar refractivity (Wildman–Crippen MR) is 88.5 cm³/mol. The molecule has 0 aliphatic carbocycles. The number of nitrogens with zero attached hydrogens (tertiary/aromatic N) is 1. The summed E-state index contributed by atoms with van der Waals surface area (Å²) in [5.41, 5.74) is 1.82. The molecule has 0 unspecified atom stereocenters. The number of rotatable bonds is 8. The molecule has 2 N–H and O–H groups in total. The van der Waals surface area contributed by atoms with E-state index in [4.69, 9.17) is 0 Å². The van der Waals surface area contributed by atoms with Gasteiger partial charge in [-0.3, -0.25) is 4.72 Å².